The van der Waals surface area contributed by atoms with Crippen molar-refractivity contribution in [2.75, 3.05) is 26.2 Å². The zero-order valence-electron chi connectivity index (χ0n) is 15.7. The van der Waals surface area contributed by atoms with E-state index in [0.29, 0.717) is 13.1 Å². The Labute approximate surface area is 176 Å². The van der Waals surface area contributed by atoms with E-state index in [4.69, 9.17) is 9.73 Å². The van der Waals surface area contributed by atoms with Crippen LogP contribution in [0.15, 0.2) is 47.7 Å². The average Bonchev–Trinajstić information content (AvgIpc) is 3.14. The highest BCUT2D eigenvalue weighted by molar-refractivity contribution is 14.0. The molecule has 2 heterocycles. The van der Waals surface area contributed by atoms with Crippen molar-refractivity contribution in [1.29, 1.82) is 0 Å². The summed E-state index contributed by atoms with van der Waals surface area (Å²) in [4.78, 5) is 6.96. The number of morpholine rings is 1. The fourth-order valence-electron chi connectivity index (χ4n) is 3.10. The van der Waals surface area contributed by atoms with Gasteiger partial charge in [-0.15, -0.1) is 24.0 Å². The number of rotatable bonds is 5. The van der Waals surface area contributed by atoms with E-state index in [1.165, 1.54) is 12.1 Å². The number of nitrogens with one attached hydrogen (secondary N) is 1. The predicted molar refractivity (Wildman–Crippen MR) is 115 cm³/mol. The maximum Gasteiger partial charge on any atom is 0.194 e. The molecule has 0 bridgehead atoms. The fraction of sp³-hybridized carbons (Fsp3) is 0.474. The van der Waals surface area contributed by atoms with Crippen LogP contribution in [0, 0.1) is 5.82 Å². The third kappa shape index (κ3) is 6.17. The van der Waals surface area contributed by atoms with Gasteiger partial charge in [0.1, 0.15) is 11.9 Å². The highest BCUT2D eigenvalue weighted by Crippen LogP contribution is 2.25. The summed E-state index contributed by atoms with van der Waals surface area (Å²) in [5.41, 5.74) is 0.982. The summed E-state index contributed by atoms with van der Waals surface area (Å²) in [5.74, 6) is 0.643. The second kappa shape index (κ2) is 10.6. The van der Waals surface area contributed by atoms with Gasteiger partial charge in [-0.3, -0.25) is 9.67 Å². The number of benzene rings is 1. The number of aliphatic imine (C=N–C) groups is 1. The Morgan fingerprint density at radius 1 is 1.33 bits per heavy atom. The van der Waals surface area contributed by atoms with Gasteiger partial charge in [-0.05, 0) is 37.6 Å². The summed E-state index contributed by atoms with van der Waals surface area (Å²) >= 11 is 0. The van der Waals surface area contributed by atoms with Gasteiger partial charge in [0.2, 0.25) is 0 Å². The summed E-state index contributed by atoms with van der Waals surface area (Å²) in [6, 6.07) is 8.44. The van der Waals surface area contributed by atoms with Crippen LogP contribution in [0.1, 0.15) is 25.5 Å². The first-order chi connectivity index (χ1) is 12.7. The lowest BCUT2D eigenvalue weighted by Crippen LogP contribution is -2.50. The van der Waals surface area contributed by atoms with Crippen LogP contribution in [0.4, 0.5) is 4.39 Å². The molecular weight excluding hydrogens is 460 g/mol. The van der Waals surface area contributed by atoms with Crippen molar-refractivity contribution in [3.8, 4) is 0 Å². The van der Waals surface area contributed by atoms with Crippen LogP contribution < -0.4 is 5.32 Å². The molecule has 2 atom stereocenters. The van der Waals surface area contributed by atoms with Crippen LogP contribution in [0.5, 0.6) is 0 Å². The molecule has 1 fully saturated rings. The van der Waals surface area contributed by atoms with Crippen molar-refractivity contribution in [2.24, 2.45) is 4.99 Å². The molecule has 1 saturated heterocycles. The molecule has 2 aromatic rings. The third-order valence-electron chi connectivity index (χ3n) is 4.29. The highest BCUT2D eigenvalue weighted by atomic mass is 127. The number of hydrogen-bond acceptors (Lipinski definition) is 3. The lowest BCUT2D eigenvalue weighted by molar-refractivity contribution is -0.0605. The van der Waals surface area contributed by atoms with Crippen LogP contribution in [0.25, 0.3) is 0 Å². The van der Waals surface area contributed by atoms with E-state index in [0.717, 1.165) is 31.2 Å². The van der Waals surface area contributed by atoms with Gasteiger partial charge in [-0.25, -0.2) is 4.39 Å². The van der Waals surface area contributed by atoms with Gasteiger partial charge >= 0.3 is 0 Å². The van der Waals surface area contributed by atoms with E-state index < -0.39 is 0 Å². The molecule has 6 nitrogen and oxygen atoms in total. The highest BCUT2D eigenvalue weighted by Gasteiger charge is 2.28. The molecular formula is C19H27FIN5O. The Bertz CT molecular complexity index is 707. The largest absolute Gasteiger partial charge is 0.367 e. The topological polar surface area (TPSA) is 54.7 Å². The molecule has 0 aliphatic carbocycles. The summed E-state index contributed by atoms with van der Waals surface area (Å²) in [7, 11) is 0. The molecule has 0 spiro atoms. The smallest absolute Gasteiger partial charge is 0.194 e. The minimum atomic E-state index is -0.233. The monoisotopic (exact) mass is 487 g/mol. The normalized spacial score (nSPS) is 20.3. The minimum absolute atomic E-state index is 0. The van der Waals surface area contributed by atoms with Gasteiger partial charge < -0.3 is 15.0 Å². The van der Waals surface area contributed by atoms with E-state index in [1.807, 2.05) is 16.9 Å². The molecule has 1 aromatic heterocycles. The van der Waals surface area contributed by atoms with Crippen molar-refractivity contribution in [3.05, 3.63) is 54.1 Å². The van der Waals surface area contributed by atoms with E-state index in [9.17, 15) is 4.39 Å². The van der Waals surface area contributed by atoms with Crippen LogP contribution in [-0.2, 0) is 11.3 Å². The lowest BCUT2D eigenvalue weighted by atomic mass is 10.1. The molecule has 3 rings (SSSR count). The first-order valence-electron chi connectivity index (χ1n) is 9.07. The quantitative estimate of drug-likeness (QED) is 0.400. The Hall–Kier alpha value is -1.68. The van der Waals surface area contributed by atoms with Crippen LogP contribution >= 0.6 is 24.0 Å². The minimum Gasteiger partial charge on any atom is -0.367 e. The fourth-order valence-corrected chi connectivity index (χ4v) is 3.10. The molecule has 8 heteroatoms. The van der Waals surface area contributed by atoms with Crippen molar-refractivity contribution in [1.82, 2.24) is 20.0 Å². The van der Waals surface area contributed by atoms with Gasteiger partial charge in [-0.2, -0.15) is 5.10 Å². The Kier molecular flexibility index (Phi) is 8.49. The second-order valence-electron chi connectivity index (χ2n) is 6.40. The number of nitrogens with zero attached hydrogens (tertiary/aromatic N) is 4. The van der Waals surface area contributed by atoms with E-state index in [2.05, 4.69) is 29.2 Å². The van der Waals surface area contributed by atoms with Gasteiger partial charge in [0.25, 0.3) is 0 Å². The third-order valence-corrected chi connectivity index (χ3v) is 4.29. The summed E-state index contributed by atoms with van der Waals surface area (Å²) in [6.07, 6.45) is 3.67. The molecule has 0 radical (unpaired) electrons. The number of guanidine groups is 1. The van der Waals surface area contributed by atoms with Gasteiger partial charge in [-0.1, -0.05) is 12.1 Å². The molecule has 0 saturated carbocycles. The lowest BCUT2D eigenvalue weighted by Gasteiger charge is -2.38. The van der Waals surface area contributed by atoms with E-state index >= 15 is 0 Å². The number of aromatic nitrogens is 2. The first-order valence-corrected chi connectivity index (χ1v) is 9.07. The SMILES string of the molecule is CCNC(=NCCn1cccn1)N1CC(C)OC(c2ccc(F)cc2)C1.I. The van der Waals surface area contributed by atoms with E-state index in [1.54, 1.807) is 18.3 Å². The zero-order chi connectivity index (χ0) is 18.4. The van der Waals surface area contributed by atoms with Gasteiger partial charge in [0.15, 0.2) is 5.96 Å². The first kappa shape index (κ1) is 21.6. The molecule has 1 N–H and O–H groups in total. The molecule has 2 unspecified atom stereocenters. The second-order valence-corrected chi connectivity index (χ2v) is 6.40. The molecule has 1 aliphatic rings. The summed E-state index contributed by atoms with van der Waals surface area (Å²) in [6.45, 7) is 7.75. The molecule has 0 amide bonds. The average molecular weight is 487 g/mol. The number of ether oxygens (including phenoxy) is 1. The molecule has 27 heavy (non-hydrogen) atoms. The van der Waals surface area contributed by atoms with E-state index in [-0.39, 0.29) is 42.0 Å². The van der Waals surface area contributed by atoms with Crippen LogP contribution in [0.3, 0.4) is 0 Å². The van der Waals surface area contributed by atoms with Crippen molar-refractivity contribution in [2.45, 2.75) is 32.6 Å². The van der Waals surface area contributed by atoms with Crippen molar-refractivity contribution < 1.29 is 9.13 Å². The molecule has 148 valence electrons. The maximum atomic E-state index is 13.2. The Morgan fingerprint density at radius 3 is 2.78 bits per heavy atom. The summed E-state index contributed by atoms with van der Waals surface area (Å²) in [5, 5.41) is 7.57. The van der Waals surface area contributed by atoms with Crippen molar-refractivity contribution >= 4 is 29.9 Å². The summed E-state index contributed by atoms with van der Waals surface area (Å²) < 4.78 is 21.1. The number of hydrogen-bond donors (Lipinski definition) is 1. The van der Waals surface area contributed by atoms with Crippen molar-refractivity contribution in [3.63, 3.8) is 0 Å². The molecule has 1 aliphatic heterocycles. The molecule has 1 aromatic carbocycles. The maximum absolute atomic E-state index is 13.2. The zero-order valence-corrected chi connectivity index (χ0v) is 18.0. The van der Waals surface area contributed by atoms with Crippen LogP contribution in [0.2, 0.25) is 0 Å². The standard InChI is InChI=1S/C19H26FN5O.HI/c1-3-21-19(22-10-12-25-11-4-9-23-25)24-13-15(2)26-18(14-24)16-5-7-17(20)8-6-16;/h4-9,11,15,18H,3,10,12-14H2,1-2H3,(H,21,22);1H. The van der Waals surface area contributed by atoms with Crippen LogP contribution in [-0.4, -0.2) is 52.9 Å². The number of halogens is 2. The van der Waals surface area contributed by atoms with Gasteiger partial charge in [0.05, 0.1) is 25.7 Å². The Morgan fingerprint density at radius 2 is 2.11 bits per heavy atom. The predicted octanol–water partition coefficient (Wildman–Crippen LogP) is 3.07. The Balaban J connectivity index is 0.00000261. The van der Waals surface area contributed by atoms with Gasteiger partial charge in [0, 0.05) is 25.5 Å².